The van der Waals surface area contributed by atoms with E-state index < -0.39 is 5.82 Å². The average molecular weight is 427 g/mol. The molecule has 1 N–H and O–H groups in total. The van der Waals surface area contributed by atoms with E-state index in [9.17, 15) is 14.0 Å². The second-order valence-corrected chi connectivity index (χ2v) is 8.01. The van der Waals surface area contributed by atoms with E-state index in [2.05, 4.69) is 20.3 Å². The quantitative estimate of drug-likeness (QED) is 0.731. The number of nitrogens with one attached hydrogen (secondary N) is 1. The van der Waals surface area contributed by atoms with Crippen LogP contribution in [-0.2, 0) is 14.3 Å². The Morgan fingerprint density at radius 1 is 1.23 bits per heavy atom. The number of ether oxygens (including phenoxy) is 1. The van der Waals surface area contributed by atoms with Gasteiger partial charge < -0.3 is 10.1 Å². The van der Waals surface area contributed by atoms with E-state index in [1.165, 1.54) is 7.11 Å². The summed E-state index contributed by atoms with van der Waals surface area (Å²) in [5.74, 6) is 0.104. The van der Waals surface area contributed by atoms with Crippen LogP contribution in [-0.4, -0.2) is 46.5 Å². The number of aromatic nitrogens is 3. The molecule has 2 fully saturated rings. The van der Waals surface area contributed by atoms with Crippen molar-refractivity contribution in [2.45, 2.75) is 51.0 Å². The summed E-state index contributed by atoms with van der Waals surface area (Å²) in [7, 11) is 1.41. The van der Waals surface area contributed by atoms with Gasteiger partial charge in [-0.2, -0.15) is 0 Å². The smallest absolute Gasteiger partial charge is 0.308 e. The normalized spacial score (nSPS) is 21.6. The zero-order valence-corrected chi connectivity index (χ0v) is 17.5. The first-order chi connectivity index (χ1) is 15.0. The minimum Gasteiger partial charge on any atom is -0.469 e. The van der Waals surface area contributed by atoms with Gasteiger partial charge in [0.1, 0.15) is 11.5 Å². The van der Waals surface area contributed by atoms with Crippen molar-refractivity contribution in [3.8, 4) is 11.3 Å². The molecule has 0 spiro atoms. The van der Waals surface area contributed by atoms with Gasteiger partial charge in [-0.15, -0.1) is 0 Å². The van der Waals surface area contributed by atoms with Gasteiger partial charge in [0.05, 0.1) is 19.2 Å². The molecule has 0 aromatic carbocycles. The van der Waals surface area contributed by atoms with Crippen molar-refractivity contribution in [1.29, 1.82) is 0 Å². The van der Waals surface area contributed by atoms with Crippen LogP contribution in [0.15, 0.2) is 24.5 Å². The number of halogens is 1. The number of hydrogen-bond acceptors (Lipinski definition) is 7. The molecule has 3 heterocycles. The van der Waals surface area contributed by atoms with Crippen molar-refractivity contribution in [1.82, 2.24) is 15.0 Å². The number of piperidine rings is 1. The lowest BCUT2D eigenvalue weighted by atomic mass is 9.86. The molecule has 1 aliphatic heterocycles. The zero-order valence-electron chi connectivity index (χ0n) is 17.5. The maximum Gasteiger partial charge on any atom is 0.308 e. The number of nitrogens with zero attached hydrogens (tertiary/aromatic N) is 4. The van der Waals surface area contributed by atoms with E-state index in [4.69, 9.17) is 4.74 Å². The minimum atomic E-state index is -0.540. The van der Waals surface area contributed by atoms with Crippen LogP contribution in [0.5, 0.6) is 0 Å². The van der Waals surface area contributed by atoms with Gasteiger partial charge in [-0.25, -0.2) is 19.3 Å². The number of esters is 1. The predicted octanol–water partition coefficient (Wildman–Crippen LogP) is 3.34. The first kappa shape index (κ1) is 21.1. The van der Waals surface area contributed by atoms with Crippen molar-refractivity contribution in [2.75, 3.05) is 23.9 Å². The summed E-state index contributed by atoms with van der Waals surface area (Å²) in [5, 5.41) is 3.26. The van der Waals surface area contributed by atoms with Crippen LogP contribution in [0.2, 0.25) is 0 Å². The second kappa shape index (κ2) is 9.36. The molecule has 31 heavy (non-hydrogen) atoms. The molecule has 1 amide bonds. The molecule has 2 aromatic heterocycles. The minimum absolute atomic E-state index is 0.0315. The van der Waals surface area contributed by atoms with Crippen LogP contribution in [0.1, 0.15) is 44.9 Å². The summed E-state index contributed by atoms with van der Waals surface area (Å²) >= 11 is 0. The third-order valence-electron chi connectivity index (χ3n) is 5.96. The van der Waals surface area contributed by atoms with Gasteiger partial charge in [-0.05, 0) is 50.7 Å². The van der Waals surface area contributed by atoms with Gasteiger partial charge in [0.15, 0.2) is 5.82 Å². The Labute approximate surface area is 180 Å². The number of hydrogen-bond donors (Lipinski definition) is 1. The lowest BCUT2D eigenvalue weighted by molar-refractivity contribution is -0.146. The highest BCUT2D eigenvalue weighted by Gasteiger charge is 2.27. The predicted molar refractivity (Wildman–Crippen MR) is 113 cm³/mol. The lowest BCUT2D eigenvalue weighted by Gasteiger charge is -2.27. The average Bonchev–Trinajstić information content (AvgIpc) is 2.80. The van der Waals surface area contributed by atoms with Crippen molar-refractivity contribution < 1.29 is 18.7 Å². The van der Waals surface area contributed by atoms with E-state index in [-0.39, 0.29) is 29.5 Å². The maximum absolute atomic E-state index is 14.6. The van der Waals surface area contributed by atoms with Crippen LogP contribution in [0.25, 0.3) is 11.3 Å². The highest BCUT2D eigenvalue weighted by atomic mass is 19.1. The summed E-state index contributed by atoms with van der Waals surface area (Å²) in [4.78, 5) is 38.3. The number of carbonyl (C=O) groups is 2. The van der Waals surface area contributed by atoms with Gasteiger partial charge in [0.2, 0.25) is 11.9 Å². The maximum atomic E-state index is 14.6. The topological polar surface area (TPSA) is 97.3 Å². The standard InChI is InChI=1S/C22H26FN5O3/c1-31-21(30)14-5-7-16(8-6-14)26-22-25-13-17(23)20(27-22)15-9-10-24-18(12-15)28-11-3-2-4-19(28)29/h9-10,12-14,16H,2-8,11H2,1H3,(H,25,26,27). The van der Waals surface area contributed by atoms with Crippen LogP contribution in [0, 0.1) is 11.7 Å². The Morgan fingerprint density at radius 3 is 2.77 bits per heavy atom. The van der Waals surface area contributed by atoms with Crippen LogP contribution >= 0.6 is 0 Å². The first-order valence-electron chi connectivity index (χ1n) is 10.7. The number of carbonyl (C=O) groups excluding carboxylic acids is 2. The number of methoxy groups -OCH3 is 1. The number of anilines is 2. The highest BCUT2D eigenvalue weighted by Crippen LogP contribution is 2.29. The summed E-state index contributed by atoms with van der Waals surface area (Å²) < 4.78 is 19.4. The van der Waals surface area contributed by atoms with Crippen molar-refractivity contribution >= 4 is 23.6 Å². The van der Waals surface area contributed by atoms with E-state index >= 15 is 0 Å². The molecule has 8 nitrogen and oxygen atoms in total. The molecule has 1 saturated carbocycles. The largest absolute Gasteiger partial charge is 0.469 e. The fourth-order valence-corrected chi connectivity index (χ4v) is 4.22. The van der Waals surface area contributed by atoms with Gasteiger partial charge in [-0.3, -0.25) is 14.5 Å². The molecule has 1 saturated heterocycles. The second-order valence-electron chi connectivity index (χ2n) is 8.01. The molecule has 0 atom stereocenters. The fraction of sp³-hybridized carbons (Fsp3) is 0.500. The molecule has 2 aromatic rings. The summed E-state index contributed by atoms with van der Waals surface area (Å²) in [6.45, 7) is 0.614. The Bertz CT molecular complexity index is 962. The number of rotatable bonds is 5. The number of pyridine rings is 1. The van der Waals surface area contributed by atoms with E-state index in [1.54, 1.807) is 23.2 Å². The van der Waals surface area contributed by atoms with Crippen molar-refractivity contribution in [3.05, 3.63) is 30.3 Å². The van der Waals surface area contributed by atoms with Gasteiger partial charge in [0, 0.05) is 30.8 Å². The molecule has 4 rings (SSSR count). The van der Waals surface area contributed by atoms with E-state index in [0.717, 1.165) is 44.7 Å². The molecule has 0 unspecified atom stereocenters. The highest BCUT2D eigenvalue weighted by molar-refractivity contribution is 5.93. The summed E-state index contributed by atoms with van der Waals surface area (Å²) in [5.41, 5.74) is 0.703. The lowest BCUT2D eigenvalue weighted by Crippen LogP contribution is -2.35. The SMILES string of the molecule is COC(=O)C1CCC(Nc2ncc(F)c(-c3ccnc(N4CCCCC4=O)c3)n2)CC1. The van der Waals surface area contributed by atoms with Crippen LogP contribution in [0.3, 0.4) is 0 Å². The van der Waals surface area contributed by atoms with Gasteiger partial charge >= 0.3 is 5.97 Å². The molecule has 1 aliphatic carbocycles. The molecular formula is C22H26FN5O3. The van der Waals surface area contributed by atoms with Crippen molar-refractivity contribution in [3.63, 3.8) is 0 Å². The molecule has 0 bridgehead atoms. The molecule has 0 radical (unpaired) electrons. The van der Waals surface area contributed by atoms with E-state index in [0.29, 0.717) is 30.3 Å². The Kier molecular flexibility index (Phi) is 6.39. The Morgan fingerprint density at radius 2 is 2.03 bits per heavy atom. The van der Waals surface area contributed by atoms with Gasteiger partial charge in [-0.1, -0.05) is 0 Å². The van der Waals surface area contributed by atoms with Gasteiger partial charge in [0.25, 0.3) is 0 Å². The monoisotopic (exact) mass is 427 g/mol. The van der Waals surface area contributed by atoms with Crippen molar-refractivity contribution in [2.24, 2.45) is 5.92 Å². The first-order valence-corrected chi connectivity index (χ1v) is 10.7. The molecule has 9 heteroatoms. The Hall–Kier alpha value is -3.10. The van der Waals surface area contributed by atoms with Crippen LogP contribution in [0.4, 0.5) is 16.2 Å². The zero-order chi connectivity index (χ0) is 21.8. The number of amides is 1. The summed E-state index contributed by atoms with van der Waals surface area (Å²) in [6, 6.07) is 3.48. The fourth-order valence-electron chi connectivity index (χ4n) is 4.22. The summed E-state index contributed by atoms with van der Waals surface area (Å²) in [6.07, 6.45) is 8.05. The molecule has 164 valence electrons. The van der Waals surface area contributed by atoms with E-state index in [1.807, 2.05) is 0 Å². The van der Waals surface area contributed by atoms with Crippen LogP contribution < -0.4 is 10.2 Å². The molecular weight excluding hydrogens is 401 g/mol. The third kappa shape index (κ3) is 4.81. The molecule has 2 aliphatic rings. The third-order valence-corrected chi connectivity index (χ3v) is 5.96. The Balaban J connectivity index is 1.49.